The predicted molar refractivity (Wildman–Crippen MR) is 216 cm³/mol. The van der Waals surface area contributed by atoms with Crippen LogP contribution in [-0.4, -0.2) is 49.8 Å². The molecule has 0 aliphatic carbocycles. The Balaban J connectivity index is 0.000000210. The van der Waals surface area contributed by atoms with Crippen molar-refractivity contribution in [3.8, 4) is 22.6 Å². The van der Waals surface area contributed by atoms with Crippen LogP contribution in [0.1, 0.15) is 82.5 Å². The average Bonchev–Trinajstić information content (AvgIpc) is 3.21. The summed E-state index contributed by atoms with van der Waals surface area (Å²) in [5.74, 6) is 0.400. The van der Waals surface area contributed by atoms with Crippen molar-refractivity contribution in [2.24, 2.45) is 0 Å². The molecule has 1 aliphatic heterocycles. The summed E-state index contributed by atoms with van der Waals surface area (Å²) in [4.78, 5) is 26.6. The third-order valence-electron chi connectivity index (χ3n) is 9.68. The lowest BCUT2D eigenvalue weighted by Gasteiger charge is -2.36. The largest absolute Gasteiger partial charge is 0.488 e. The summed E-state index contributed by atoms with van der Waals surface area (Å²) in [6, 6.07) is 37.9. The lowest BCUT2D eigenvalue weighted by atomic mass is 9.95. The number of hydrogen-bond donors (Lipinski definition) is 2. The number of carboxylic acid groups (broad SMARTS) is 1. The van der Waals surface area contributed by atoms with Crippen molar-refractivity contribution in [1.82, 2.24) is 5.32 Å². The number of carboxylic acids is 1. The highest BCUT2D eigenvalue weighted by Crippen LogP contribution is 2.36. The Morgan fingerprint density at radius 3 is 1.85 bits per heavy atom. The fourth-order valence-corrected chi connectivity index (χ4v) is 6.69. The Kier molecular flexibility index (Phi) is 14.3. The number of carbonyl (C=O) groups is 2. The maximum absolute atomic E-state index is 12.5. The first-order valence-electron chi connectivity index (χ1n) is 18.7. The first-order valence-corrected chi connectivity index (χ1v) is 18.7. The van der Waals surface area contributed by atoms with E-state index >= 15 is 0 Å². The number of nitrogens with one attached hydrogen (secondary N) is 1. The molecule has 0 aromatic heterocycles. The zero-order valence-electron chi connectivity index (χ0n) is 32.0. The summed E-state index contributed by atoms with van der Waals surface area (Å²) in [7, 11) is 1.62. The predicted octanol–water partition coefficient (Wildman–Crippen LogP) is 9.69. The number of ether oxygens (including phenoxy) is 3. The Morgan fingerprint density at radius 1 is 0.778 bits per heavy atom. The number of hydrogen-bond acceptors (Lipinski definition) is 6. The van der Waals surface area contributed by atoms with Gasteiger partial charge in [-0.15, -0.1) is 0 Å². The number of rotatable bonds is 13. The molecule has 1 amide bonds. The second-order valence-corrected chi connectivity index (χ2v) is 13.6. The molecule has 54 heavy (non-hydrogen) atoms. The Bertz CT molecular complexity index is 1960. The Hall–Kier alpha value is -5.60. The highest BCUT2D eigenvalue weighted by Gasteiger charge is 2.25. The minimum absolute atomic E-state index is 0.176. The minimum atomic E-state index is -0.875. The van der Waals surface area contributed by atoms with Gasteiger partial charge in [0.2, 0.25) is 0 Å². The fraction of sp³-hybridized carbons (Fsp3) is 0.304. The number of amides is 1. The van der Waals surface area contributed by atoms with Gasteiger partial charge in [0.1, 0.15) is 24.7 Å². The van der Waals surface area contributed by atoms with Crippen molar-refractivity contribution >= 4 is 17.6 Å². The second kappa shape index (κ2) is 19.5. The number of anilines is 1. The highest BCUT2D eigenvalue weighted by atomic mass is 16.5. The molecule has 0 unspecified atom stereocenters. The normalized spacial score (nSPS) is 12.7. The van der Waals surface area contributed by atoms with Crippen LogP contribution < -0.4 is 19.7 Å². The molecule has 0 saturated carbocycles. The van der Waals surface area contributed by atoms with Crippen LogP contribution in [0.5, 0.6) is 11.5 Å². The molecule has 1 heterocycles. The molecule has 8 heteroatoms. The van der Waals surface area contributed by atoms with Crippen LogP contribution >= 0.6 is 0 Å². The molecule has 8 nitrogen and oxygen atoms in total. The van der Waals surface area contributed by atoms with E-state index in [1.165, 1.54) is 0 Å². The lowest BCUT2D eigenvalue weighted by Crippen LogP contribution is -2.40. The second-order valence-electron chi connectivity index (χ2n) is 13.6. The molecular weight excluding hydrogens is 677 g/mol. The first-order chi connectivity index (χ1) is 26.2. The Labute approximate surface area is 319 Å². The lowest BCUT2D eigenvalue weighted by molar-refractivity contribution is 0.0695. The summed E-state index contributed by atoms with van der Waals surface area (Å²) in [6.45, 7) is 11.4. The maximum atomic E-state index is 12.5. The van der Waals surface area contributed by atoms with Gasteiger partial charge in [0, 0.05) is 44.6 Å². The van der Waals surface area contributed by atoms with E-state index in [2.05, 4.69) is 37.1 Å². The standard InChI is InChI=1S/C25H27NO3.C21H25NO3/c1-18(2)21-14-22(25(27)26-3)24(29-17-20-12-8-5-9-13-20)15-23(21)28-16-19-10-6-4-7-11-19;1-3-22(18-9-11-25-12-10-18)20-14-17(16-7-5-4-6-8-16)13-19(15(20)2)21(23)24/h4-15,18H,16-17H2,1-3H3,(H,26,27);4-8,13-14,18H,3,9-12H2,1-2H3,(H,23,24). The van der Waals surface area contributed by atoms with Crippen molar-refractivity contribution in [1.29, 1.82) is 0 Å². The van der Waals surface area contributed by atoms with Gasteiger partial charge in [-0.1, -0.05) is 105 Å². The van der Waals surface area contributed by atoms with Crippen molar-refractivity contribution in [3.63, 3.8) is 0 Å². The van der Waals surface area contributed by atoms with Crippen LogP contribution in [0.4, 0.5) is 5.69 Å². The molecule has 2 N–H and O–H groups in total. The Morgan fingerprint density at radius 2 is 1.33 bits per heavy atom. The van der Waals surface area contributed by atoms with Gasteiger partial charge in [0.25, 0.3) is 5.91 Å². The van der Waals surface area contributed by atoms with E-state index in [1.807, 2.05) is 110 Å². The number of nitrogens with zero attached hydrogens (tertiary/aromatic N) is 1. The van der Waals surface area contributed by atoms with Crippen LogP contribution in [0.25, 0.3) is 11.1 Å². The summed E-state index contributed by atoms with van der Waals surface area (Å²) in [6.07, 6.45) is 1.95. The van der Waals surface area contributed by atoms with Crippen molar-refractivity contribution in [3.05, 3.63) is 149 Å². The van der Waals surface area contributed by atoms with Gasteiger partial charge in [0.15, 0.2) is 0 Å². The topological polar surface area (TPSA) is 97.3 Å². The maximum Gasteiger partial charge on any atom is 0.336 e. The molecule has 0 bridgehead atoms. The van der Waals surface area contributed by atoms with E-state index in [0.29, 0.717) is 36.1 Å². The molecule has 1 saturated heterocycles. The minimum Gasteiger partial charge on any atom is -0.488 e. The van der Waals surface area contributed by atoms with E-state index in [-0.39, 0.29) is 11.8 Å². The van der Waals surface area contributed by atoms with Crippen LogP contribution in [0.2, 0.25) is 0 Å². The monoisotopic (exact) mass is 728 g/mol. The van der Waals surface area contributed by atoms with E-state index in [0.717, 1.165) is 77.4 Å². The summed E-state index contributed by atoms with van der Waals surface area (Å²) in [5.41, 5.74) is 7.83. The average molecular weight is 729 g/mol. The summed E-state index contributed by atoms with van der Waals surface area (Å²) >= 11 is 0. The smallest absolute Gasteiger partial charge is 0.336 e. The molecule has 5 aromatic carbocycles. The van der Waals surface area contributed by atoms with E-state index < -0.39 is 5.97 Å². The first kappa shape index (κ1) is 39.6. The van der Waals surface area contributed by atoms with Crippen LogP contribution in [0.15, 0.2) is 115 Å². The molecule has 1 aliphatic rings. The number of carbonyl (C=O) groups excluding carboxylic acids is 1. The molecule has 5 aromatic rings. The third-order valence-corrected chi connectivity index (χ3v) is 9.68. The van der Waals surface area contributed by atoms with Gasteiger partial charge in [-0.05, 0) is 84.2 Å². The number of benzene rings is 5. The van der Waals surface area contributed by atoms with Gasteiger partial charge in [0.05, 0.1) is 11.1 Å². The molecule has 0 atom stereocenters. The van der Waals surface area contributed by atoms with Gasteiger partial charge in [-0.3, -0.25) is 4.79 Å². The van der Waals surface area contributed by atoms with E-state index in [4.69, 9.17) is 14.2 Å². The molecule has 282 valence electrons. The van der Waals surface area contributed by atoms with Crippen molar-refractivity contribution < 1.29 is 28.9 Å². The van der Waals surface area contributed by atoms with Gasteiger partial charge in [-0.25, -0.2) is 4.79 Å². The van der Waals surface area contributed by atoms with E-state index in [9.17, 15) is 14.7 Å². The molecular formula is C46H52N2O6. The molecule has 0 spiro atoms. The van der Waals surface area contributed by atoms with Gasteiger partial charge >= 0.3 is 5.97 Å². The molecule has 1 fully saturated rings. The quantitative estimate of drug-likeness (QED) is 0.125. The van der Waals surface area contributed by atoms with Crippen LogP contribution in [0.3, 0.4) is 0 Å². The summed E-state index contributed by atoms with van der Waals surface area (Å²) in [5, 5.41) is 12.4. The molecule has 6 rings (SSSR count). The zero-order valence-corrected chi connectivity index (χ0v) is 32.0. The fourth-order valence-electron chi connectivity index (χ4n) is 6.69. The third kappa shape index (κ3) is 10.3. The highest BCUT2D eigenvalue weighted by molar-refractivity contribution is 5.97. The zero-order chi connectivity index (χ0) is 38.5. The van der Waals surface area contributed by atoms with Gasteiger partial charge < -0.3 is 29.5 Å². The van der Waals surface area contributed by atoms with Crippen LogP contribution in [0, 0.1) is 6.92 Å². The summed E-state index contributed by atoms with van der Waals surface area (Å²) < 4.78 is 17.7. The SMILES string of the molecule is CCN(c1cc(-c2ccccc2)cc(C(=O)O)c1C)C1CCOCC1.CNC(=O)c1cc(C(C)C)c(OCc2ccccc2)cc1OCc1ccccc1. The van der Waals surface area contributed by atoms with Crippen LogP contribution in [-0.2, 0) is 18.0 Å². The number of aromatic carboxylic acids is 1. The van der Waals surface area contributed by atoms with Gasteiger partial charge in [-0.2, -0.15) is 0 Å². The molecule has 0 radical (unpaired) electrons. The van der Waals surface area contributed by atoms with Crippen molar-refractivity contribution in [2.45, 2.75) is 65.7 Å². The van der Waals surface area contributed by atoms with E-state index in [1.54, 1.807) is 13.1 Å². The van der Waals surface area contributed by atoms with Crippen molar-refractivity contribution in [2.75, 3.05) is 31.7 Å².